The second-order valence-electron chi connectivity index (χ2n) is 5.06. The van der Waals surface area contributed by atoms with Gasteiger partial charge in [0.1, 0.15) is 0 Å². The van der Waals surface area contributed by atoms with E-state index in [9.17, 15) is 36.2 Å². The van der Waals surface area contributed by atoms with Gasteiger partial charge in [0.25, 0.3) is 5.60 Å². The van der Waals surface area contributed by atoms with Gasteiger partial charge in [-0.25, -0.2) is 0 Å². The van der Waals surface area contributed by atoms with Crippen molar-refractivity contribution < 1.29 is 41.4 Å². The molecule has 0 radical (unpaired) electrons. The first-order valence-electron chi connectivity index (χ1n) is 6.81. The summed E-state index contributed by atoms with van der Waals surface area (Å²) in [7, 11) is 0. The summed E-state index contributed by atoms with van der Waals surface area (Å²) in [6.45, 7) is 0.301. The van der Waals surface area contributed by atoms with Gasteiger partial charge in [-0.3, -0.25) is 4.79 Å². The highest BCUT2D eigenvalue weighted by Gasteiger charge is 2.71. The minimum absolute atomic E-state index is 0.0369. The predicted molar refractivity (Wildman–Crippen MR) is 72.4 cm³/mol. The number of nitrogens with one attached hydrogen (secondary N) is 1. The minimum Gasteiger partial charge on any atom is -0.481 e. The highest BCUT2D eigenvalue weighted by atomic mass is 19.4. The number of anilines is 1. The van der Waals surface area contributed by atoms with E-state index in [0.717, 1.165) is 12.1 Å². The Kier molecular flexibility index (Phi) is 6.09. The summed E-state index contributed by atoms with van der Waals surface area (Å²) >= 11 is 0. The lowest BCUT2D eigenvalue weighted by atomic mass is 9.92. The van der Waals surface area contributed by atoms with Crippen LogP contribution in [0, 0.1) is 0 Å². The Hall–Kier alpha value is -1.97. The second kappa shape index (κ2) is 7.29. The molecule has 3 N–H and O–H groups in total. The van der Waals surface area contributed by atoms with Crippen molar-refractivity contribution >= 4 is 11.7 Å². The summed E-state index contributed by atoms with van der Waals surface area (Å²) in [6.07, 6.45) is -11.0. The Morgan fingerprint density at radius 2 is 1.46 bits per heavy atom. The lowest BCUT2D eigenvalue weighted by Crippen LogP contribution is -2.53. The molecule has 0 spiro atoms. The van der Waals surface area contributed by atoms with Crippen LogP contribution in [-0.2, 0) is 10.4 Å². The van der Waals surface area contributed by atoms with Crippen molar-refractivity contribution in [2.75, 3.05) is 11.9 Å². The Morgan fingerprint density at radius 1 is 0.958 bits per heavy atom. The van der Waals surface area contributed by atoms with Crippen molar-refractivity contribution in [3.63, 3.8) is 0 Å². The van der Waals surface area contributed by atoms with E-state index in [1.807, 2.05) is 0 Å². The zero-order valence-corrected chi connectivity index (χ0v) is 12.2. The van der Waals surface area contributed by atoms with Crippen LogP contribution in [0.2, 0.25) is 0 Å². The number of rotatable bonds is 7. The average Bonchev–Trinajstić information content (AvgIpc) is 2.44. The van der Waals surface area contributed by atoms with Crippen LogP contribution in [0.15, 0.2) is 24.3 Å². The summed E-state index contributed by atoms with van der Waals surface area (Å²) < 4.78 is 76.2. The first kappa shape index (κ1) is 20.1. The van der Waals surface area contributed by atoms with Crippen LogP contribution in [0.4, 0.5) is 32.0 Å². The summed E-state index contributed by atoms with van der Waals surface area (Å²) in [5.74, 6) is -0.960. The number of benzene rings is 1. The molecule has 0 amide bonds. The fourth-order valence-corrected chi connectivity index (χ4v) is 1.95. The van der Waals surface area contributed by atoms with E-state index in [2.05, 4.69) is 5.32 Å². The topological polar surface area (TPSA) is 69.6 Å². The van der Waals surface area contributed by atoms with E-state index in [1.165, 1.54) is 0 Å². The van der Waals surface area contributed by atoms with Crippen molar-refractivity contribution in [3.8, 4) is 0 Å². The lowest BCUT2D eigenvalue weighted by molar-refractivity contribution is -0.376. The Morgan fingerprint density at radius 3 is 1.88 bits per heavy atom. The van der Waals surface area contributed by atoms with Gasteiger partial charge in [0.05, 0.1) is 0 Å². The molecule has 4 nitrogen and oxygen atoms in total. The maximum absolute atomic E-state index is 12.7. The van der Waals surface area contributed by atoms with Gasteiger partial charge in [-0.15, -0.1) is 0 Å². The number of carboxylic acids is 1. The molecule has 136 valence electrons. The molecule has 1 rings (SSSR count). The number of unbranched alkanes of at least 4 members (excludes halogenated alkanes) is 1. The molecule has 10 heteroatoms. The number of hydrogen-bond acceptors (Lipinski definition) is 3. The summed E-state index contributed by atoms with van der Waals surface area (Å²) in [5.41, 5.74) is -6.03. The molecule has 0 aliphatic rings. The Labute approximate surface area is 133 Å². The third-order valence-electron chi connectivity index (χ3n) is 3.27. The second-order valence-corrected chi connectivity index (χ2v) is 5.06. The van der Waals surface area contributed by atoms with E-state index < -0.39 is 29.5 Å². The van der Waals surface area contributed by atoms with Crippen LogP contribution in [0.3, 0.4) is 0 Å². The van der Waals surface area contributed by atoms with Crippen molar-refractivity contribution in [2.24, 2.45) is 0 Å². The molecule has 1 aromatic carbocycles. The molecular formula is C14H15F6NO3. The van der Waals surface area contributed by atoms with Gasteiger partial charge < -0.3 is 15.5 Å². The summed E-state index contributed by atoms with van der Waals surface area (Å²) in [5, 5.41) is 20.4. The molecule has 24 heavy (non-hydrogen) atoms. The molecule has 0 saturated carbocycles. The van der Waals surface area contributed by atoms with Crippen LogP contribution in [0.1, 0.15) is 24.8 Å². The fourth-order valence-electron chi connectivity index (χ4n) is 1.95. The zero-order valence-electron chi connectivity index (χ0n) is 12.2. The maximum atomic E-state index is 12.7. The van der Waals surface area contributed by atoms with E-state index in [0.29, 0.717) is 31.5 Å². The number of carbonyl (C=O) groups is 1. The number of hydrogen-bond donors (Lipinski definition) is 3. The average molecular weight is 359 g/mol. The third kappa shape index (κ3) is 4.53. The van der Waals surface area contributed by atoms with Crippen molar-refractivity contribution in [2.45, 2.75) is 37.2 Å². The molecule has 0 aliphatic heterocycles. The number of aliphatic carboxylic acids is 1. The smallest absolute Gasteiger partial charge is 0.430 e. The van der Waals surface area contributed by atoms with Gasteiger partial charge in [-0.2, -0.15) is 26.3 Å². The molecule has 0 atom stereocenters. The summed E-state index contributed by atoms with van der Waals surface area (Å²) in [4.78, 5) is 10.3. The van der Waals surface area contributed by atoms with Crippen LogP contribution in [-0.4, -0.2) is 35.1 Å². The highest BCUT2D eigenvalue weighted by molar-refractivity contribution is 5.66. The molecule has 0 fully saturated rings. The van der Waals surface area contributed by atoms with E-state index in [4.69, 9.17) is 5.11 Å². The molecule has 0 aromatic heterocycles. The predicted octanol–water partition coefficient (Wildman–Crippen LogP) is 3.67. The molecule has 0 unspecified atom stereocenters. The molecule has 1 aromatic rings. The fraction of sp³-hybridized carbons (Fsp3) is 0.500. The van der Waals surface area contributed by atoms with Crippen LogP contribution in [0.5, 0.6) is 0 Å². The molecular weight excluding hydrogens is 344 g/mol. The molecule has 0 saturated heterocycles. The zero-order chi connectivity index (χ0) is 18.6. The Bertz CT molecular complexity index is 539. The molecule has 0 bridgehead atoms. The normalized spacial score (nSPS) is 13.0. The van der Waals surface area contributed by atoms with Gasteiger partial charge >= 0.3 is 18.3 Å². The SMILES string of the molecule is O=C(O)CCCCNc1ccc(C(O)(C(F)(F)F)C(F)(F)F)cc1. The number of halogens is 6. The third-order valence-corrected chi connectivity index (χ3v) is 3.27. The van der Waals surface area contributed by atoms with Crippen molar-refractivity contribution in [1.82, 2.24) is 0 Å². The van der Waals surface area contributed by atoms with Crippen LogP contribution < -0.4 is 5.32 Å². The van der Waals surface area contributed by atoms with E-state index in [1.54, 1.807) is 0 Å². The first-order chi connectivity index (χ1) is 10.9. The van der Waals surface area contributed by atoms with Crippen molar-refractivity contribution in [1.29, 1.82) is 0 Å². The quantitative estimate of drug-likeness (QED) is 0.513. The highest BCUT2D eigenvalue weighted by Crippen LogP contribution is 2.50. The van der Waals surface area contributed by atoms with Gasteiger partial charge in [-0.05, 0) is 25.0 Å². The first-order valence-corrected chi connectivity index (χ1v) is 6.81. The monoisotopic (exact) mass is 359 g/mol. The summed E-state index contributed by atoms with van der Waals surface area (Å²) in [6, 6.07) is 3.05. The molecule has 0 aliphatic carbocycles. The maximum Gasteiger partial charge on any atom is 0.430 e. The number of aliphatic hydroxyl groups is 1. The number of alkyl halides is 6. The van der Waals surface area contributed by atoms with E-state index in [-0.39, 0.29) is 12.1 Å². The number of carboxylic acid groups (broad SMARTS) is 1. The Balaban J connectivity index is 2.80. The van der Waals surface area contributed by atoms with Crippen molar-refractivity contribution in [3.05, 3.63) is 29.8 Å². The lowest BCUT2D eigenvalue weighted by Gasteiger charge is -2.32. The van der Waals surface area contributed by atoms with Gasteiger partial charge in [0.2, 0.25) is 0 Å². The van der Waals surface area contributed by atoms with Gasteiger partial charge in [-0.1, -0.05) is 12.1 Å². The molecule has 0 heterocycles. The van der Waals surface area contributed by atoms with Gasteiger partial charge in [0, 0.05) is 24.2 Å². The van der Waals surface area contributed by atoms with E-state index >= 15 is 0 Å². The van der Waals surface area contributed by atoms with Crippen LogP contribution in [0.25, 0.3) is 0 Å². The minimum atomic E-state index is -5.92. The standard InChI is InChI=1S/C14H15F6NO3/c15-13(16,17)12(24,14(18,19)20)9-4-6-10(7-5-9)21-8-2-1-3-11(22)23/h4-7,21,24H,1-3,8H2,(H,22,23). The van der Waals surface area contributed by atoms with Crippen LogP contribution >= 0.6 is 0 Å². The largest absolute Gasteiger partial charge is 0.481 e. The van der Waals surface area contributed by atoms with Gasteiger partial charge in [0.15, 0.2) is 0 Å².